The van der Waals surface area contributed by atoms with Crippen LogP contribution in [-0.4, -0.2) is 23.0 Å². The van der Waals surface area contributed by atoms with E-state index in [-0.39, 0.29) is 5.41 Å². The molecule has 1 rings (SSSR count). The number of hydrogen-bond acceptors (Lipinski definition) is 1. The Balaban J connectivity index is 2.53. The molecule has 1 fully saturated rings. The van der Waals surface area contributed by atoms with Crippen molar-refractivity contribution in [1.82, 2.24) is 4.90 Å². The van der Waals surface area contributed by atoms with Crippen LogP contribution >= 0.6 is 12.2 Å². The van der Waals surface area contributed by atoms with Gasteiger partial charge in [-0.25, -0.2) is 0 Å². The molecule has 0 atom stereocenters. The number of rotatable bonds is 0. The van der Waals surface area contributed by atoms with Gasteiger partial charge >= 0.3 is 0 Å². The maximum atomic E-state index is 5.38. The van der Waals surface area contributed by atoms with Crippen molar-refractivity contribution < 1.29 is 0 Å². The second-order valence-electron chi connectivity index (χ2n) is 4.25. The van der Waals surface area contributed by atoms with E-state index in [1.807, 2.05) is 0 Å². The zero-order chi connectivity index (χ0) is 8.48. The molecule has 0 radical (unpaired) electrons. The molecule has 64 valence electrons. The molecule has 0 saturated carbocycles. The highest BCUT2D eigenvalue weighted by Gasteiger charge is 2.24. The predicted molar refractivity (Wildman–Crippen MR) is 52.9 cm³/mol. The van der Waals surface area contributed by atoms with Crippen LogP contribution in [0, 0.1) is 5.41 Å². The highest BCUT2D eigenvalue weighted by molar-refractivity contribution is 7.80. The maximum Gasteiger partial charge on any atom is 0.0833 e. The first-order valence-corrected chi connectivity index (χ1v) is 4.72. The molecule has 1 saturated heterocycles. The Labute approximate surface area is 74.8 Å². The average Bonchev–Trinajstić information content (AvgIpc) is 2.34. The van der Waals surface area contributed by atoms with Gasteiger partial charge in [-0.05, 0) is 12.8 Å². The molecule has 0 N–H and O–H groups in total. The highest BCUT2D eigenvalue weighted by Crippen LogP contribution is 2.22. The Bertz CT molecular complexity index is 151. The summed E-state index contributed by atoms with van der Waals surface area (Å²) in [6.45, 7) is 8.92. The number of thiocarbonyl (C=S) groups is 1. The fraction of sp³-hybridized carbons (Fsp3) is 0.889. The molecule has 1 heterocycles. The number of hydrogen-bond donors (Lipinski definition) is 0. The van der Waals surface area contributed by atoms with E-state index in [1.54, 1.807) is 0 Å². The minimum atomic E-state index is 0.180. The number of likely N-dealkylation sites (tertiary alicyclic amines) is 1. The summed E-state index contributed by atoms with van der Waals surface area (Å²) in [5, 5.41) is 0. The van der Waals surface area contributed by atoms with Crippen LogP contribution in [0.2, 0.25) is 0 Å². The van der Waals surface area contributed by atoms with Gasteiger partial charge < -0.3 is 4.90 Å². The van der Waals surface area contributed by atoms with Crippen LogP contribution < -0.4 is 0 Å². The zero-order valence-corrected chi connectivity index (χ0v) is 8.50. The van der Waals surface area contributed by atoms with Crippen molar-refractivity contribution in [2.45, 2.75) is 33.6 Å². The van der Waals surface area contributed by atoms with Crippen molar-refractivity contribution in [3.8, 4) is 0 Å². The maximum absolute atomic E-state index is 5.38. The summed E-state index contributed by atoms with van der Waals surface area (Å²) in [6.07, 6.45) is 2.63. The first kappa shape index (κ1) is 8.98. The topological polar surface area (TPSA) is 3.24 Å². The molecule has 0 aromatic carbocycles. The van der Waals surface area contributed by atoms with Gasteiger partial charge in [-0.15, -0.1) is 0 Å². The van der Waals surface area contributed by atoms with E-state index in [2.05, 4.69) is 25.7 Å². The summed E-state index contributed by atoms with van der Waals surface area (Å²) < 4.78 is 0. The lowest BCUT2D eigenvalue weighted by Crippen LogP contribution is -2.35. The third-order valence-electron chi connectivity index (χ3n) is 2.03. The van der Waals surface area contributed by atoms with Gasteiger partial charge in [0, 0.05) is 18.5 Å². The van der Waals surface area contributed by atoms with Gasteiger partial charge in [0.25, 0.3) is 0 Å². The summed E-state index contributed by atoms with van der Waals surface area (Å²) in [4.78, 5) is 3.48. The molecule has 0 aliphatic carbocycles. The number of nitrogens with zero attached hydrogens (tertiary/aromatic N) is 1. The molecule has 0 aromatic rings. The summed E-state index contributed by atoms with van der Waals surface area (Å²) in [5.74, 6) is 0. The summed E-state index contributed by atoms with van der Waals surface area (Å²) >= 11 is 5.38. The molecule has 1 aliphatic rings. The Morgan fingerprint density at radius 1 is 1.18 bits per heavy atom. The Kier molecular flexibility index (Phi) is 2.53. The highest BCUT2D eigenvalue weighted by atomic mass is 32.1. The minimum absolute atomic E-state index is 0.180. The standard InChI is InChI=1S/C9H17NS/c1-9(2,3)8(11)10-6-4-5-7-10/h4-7H2,1-3H3. The lowest BCUT2D eigenvalue weighted by atomic mass is 9.96. The first-order valence-electron chi connectivity index (χ1n) is 4.31. The summed E-state index contributed by atoms with van der Waals surface area (Å²) in [6, 6.07) is 0. The van der Waals surface area contributed by atoms with Crippen molar-refractivity contribution in [1.29, 1.82) is 0 Å². The van der Waals surface area contributed by atoms with Crippen molar-refractivity contribution in [2.75, 3.05) is 13.1 Å². The van der Waals surface area contributed by atoms with E-state index in [1.165, 1.54) is 25.9 Å². The van der Waals surface area contributed by atoms with Crippen molar-refractivity contribution >= 4 is 17.2 Å². The smallest absolute Gasteiger partial charge is 0.0833 e. The van der Waals surface area contributed by atoms with Crippen molar-refractivity contribution in [3.05, 3.63) is 0 Å². The van der Waals surface area contributed by atoms with Gasteiger partial charge in [0.15, 0.2) is 0 Å². The van der Waals surface area contributed by atoms with Gasteiger partial charge in [0.2, 0.25) is 0 Å². The molecule has 0 spiro atoms. The van der Waals surface area contributed by atoms with Crippen LogP contribution in [0.5, 0.6) is 0 Å². The van der Waals surface area contributed by atoms with Crippen molar-refractivity contribution in [2.24, 2.45) is 5.41 Å². The van der Waals surface area contributed by atoms with Crippen LogP contribution in [0.3, 0.4) is 0 Å². The molecule has 0 amide bonds. The lowest BCUT2D eigenvalue weighted by Gasteiger charge is -2.28. The molecule has 0 bridgehead atoms. The van der Waals surface area contributed by atoms with Crippen LogP contribution in [0.25, 0.3) is 0 Å². The normalized spacial score (nSPS) is 19.0. The van der Waals surface area contributed by atoms with Crippen LogP contribution in [-0.2, 0) is 0 Å². The van der Waals surface area contributed by atoms with Crippen LogP contribution in [0.15, 0.2) is 0 Å². The molecular formula is C9H17NS. The van der Waals surface area contributed by atoms with Gasteiger partial charge in [-0.1, -0.05) is 33.0 Å². The van der Waals surface area contributed by atoms with E-state index in [9.17, 15) is 0 Å². The third-order valence-corrected chi connectivity index (χ3v) is 2.91. The predicted octanol–water partition coefficient (Wildman–Crippen LogP) is 2.46. The lowest BCUT2D eigenvalue weighted by molar-refractivity contribution is 0.446. The molecular weight excluding hydrogens is 154 g/mol. The molecule has 2 heteroatoms. The molecule has 11 heavy (non-hydrogen) atoms. The second kappa shape index (κ2) is 3.10. The van der Waals surface area contributed by atoms with Gasteiger partial charge in [-0.3, -0.25) is 0 Å². The molecule has 1 aliphatic heterocycles. The second-order valence-corrected chi connectivity index (χ2v) is 4.64. The quantitative estimate of drug-likeness (QED) is 0.515. The van der Waals surface area contributed by atoms with E-state index >= 15 is 0 Å². The summed E-state index contributed by atoms with van der Waals surface area (Å²) in [5.41, 5.74) is 0.180. The van der Waals surface area contributed by atoms with Crippen LogP contribution in [0.4, 0.5) is 0 Å². The largest absolute Gasteiger partial charge is 0.366 e. The van der Waals surface area contributed by atoms with Gasteiger partial charge in [0.05, 0.1) is 4.99 Å². The van der Waals surface area contributed by atoms with E-state index in [4.69, 9.17) is 12.2 Å². The fourth-order valence-corrected chi connectivity index (χ4v) is 1.58. The Morgan fingerprint density at radius 2 is 1.64 bits per heavy atom. The van der Waals surface area contributed by atoms with Crippen molar-refractivity contribution in [3.63, 3.8) is 0 Å². The monoisotopic (exact) mass is 171 g/mol. The molecule has 0 unspecified atom stereocenters. The molecule has 0 aromatic heterocycles. The van der Waals surface area contributed by atoms with Gasteiger partial charge in [0.1, 0.15) is 0 Å². The van der Waals surface area contributed by atoms with E-state index < -0.39 is 0 Å². The zero-order valence-electron chi connectivity index (χ0n) is 7.68. The van der Waals surface area contributed by atoms with E-state index in [0.717, 1.165) is 4.99 Å². The third kappa shape index (κ3) is 2.16. The first-order chi connectivity index (χ1) is 5.02. The molecule has 1 nitrogen and oxygen atoms in total. The Morgan fingerprint density at radius 3 is 2.00 bits per heavy atom. The SMILES string of the molecule is CC(C)(C)C(=S)N1CCCC1. The average molecular weight is 171 g/mol. The van der Waals surface area contributed by atoms with Gasteiger partial charge in [-0.2, -0.15) is 0 Å². The Hall–Kier alpha value is -0.110. The van der Waals surface area contributed by atoms with E-state index in [0.29, 0.717) is 0 Å². The fourth-order valence-electron chi connectivity index (χ4n) is 1.39. The van der Waals surface area contributed by atoms with Crippen LogP contribution in [0.1, 0.15) is 33.6 Å². The summed E-state index contributed by atoms with van der Waals surface area (Å²) in [7, 11) is 0. The minimum Gasteiger partial charge on any atom is -0.366 e.